The van der Waals surface area contributed by atoms with Crippen molar-refractivity contribution in [1.29, 1.82) is 5.26 Å². The number of nitrogens with zero attached hydrogens (tertiary/aromatic N) is 2. The number of amides is 1. The van der Waals surface area contributed by atoms with E-state index in [-0.39, 0.29) is 11.3 Å². The number of aromatic hydroxyl groups is 1. The molecule has 2 N–H and O–H groups in total. The van der Waals surface area contributed by atoms with Gasteiger partial charge in [0.1, 0.15) is 17.4 Å². The number of nitriles is 1. The number of rotatable bonds is 4. The summed E-state index contributed by atoms with van der Waals surface area (Å²) in [5.74, 6) is -0.409. The van der Waals surface area contributed by atoms with E-state index in [1.165, 1.54) is 18.2 Å². The smallest absolute Gasteiger partial charge is 0.266 e. The lowest BCUT2D eigenvalue weighted by atomic mass is 10.2. The van der Waals surface area contributed by atoms with Crippen molar-refractivity contribution in [2.45, 2.75) is 0 Å². The summed E-state index contributed by atoms with van der Waals surface area (Å²) in [6, 6.07) is 19.4. The first-order valence-corrected chi connectivity index (χ1v) is 8.51. The van der Waals surface area contributed by atoms with Crippen LogP contribution in [0.2, 0.25) is 0 Å². The minimum atomic E-state index is -0.512. The van der Waals surface area contributed by atoms with Crippen molar-refractivity contribution in [2.75, 3.05) is 5.32 Å². The maximum absolute atomic E-state index is 12.4. The minimum Gasteiger partial charge on any atom is -0.508 e. The van der Waals surface area contributed by atoms with E-state index in [9.17, 15) is 15.2 Å². The van der Waals surface area contributed by atoms with Crippen LogP contribution in [0.4, 0.5) is 5.69 Å². The van der Waals surface area contributed by atoms with E-state index in [1.807, 2.05) is 53.2 Å². The van der Waals surface area contributed by atoms with Gasteiger partial charge in [-0.25, -0.2) is 0 Å². The Hall–Kier alpha value is -3.30. The van der Waals surface area contributed by atoms with Gasteiger partial charge in [0.15, 0.2) is 0 Å². The molecule has 3 rings (SSSR count). The van der Waals surface area contributed by atoms with Crippen LogP contribution in [0.15, 0.2) is 76.9 Å². The predicted octanol–water partition coefficient (Wildman–Crippen LogP) is 4.49. The molecule has 128 valence electrons. The minimum absolute atomic E-state index is 0.0184. The fraction of sp³-hybridized carbons (Fsp3) is 0. The van der Waals surface area contributed by atoms with Crippen molar-refractivity contribution in [3.8, 4) is 17.5 Å². The van der Waals surface area contributed by atoms with Crippen LogP contribution in [-0.4, -0.2) is 15.6 Å². The third-order valence-electron chi connectivity index (χ3n) is 3.67. The van der Waals surface area contributed by atoms with Crippen LogP contribution in [0.3, 0.4) is 0 Å². The van der Waals surface area contributed by atoms with Gasteiger partial charge in [0.25, 0.3) is 5.91 Å². The number of hydrogen-bond donors (Lipinski definition) is 2. The first kappa shape index (κ1) is 17.5. The SMILES string of the molecule is N#C/C(=C/c1cccn1-c1ccc(Br)cc1)C(=O)Nc1ccc(O)cc1. The zero-order chi connectivity index (χ0) is 18.5. The zero-order valence-corrected chi connectivity index (χ0v) is 15.1. The van der Waals surface area contributed by atoms with Gasteiger partial charge in [-0.1, -0.05) is 15.9 Å². The topological polar surface area (TPSA) is 78.0 Å². The van der Waals surface area contributed by atoms with Gasteiger partial charge in [0.05, 0.1) is 0 Å². The number of hydrogen-bond acceptors (Lipinski definition) is 3. The summed E-state index contributed by atoms with van der Waals surface area (Å²) in [5, 5.41) is 21.3. The summed E-state index contributed by atoms with van der Waals surface area (Å²) in [6.45, 7) is 0. The van der Waals surface area contributed by atoms with Crippen molar-refractivity contribution < 1.29 is 9.90 Å². The van der Waals surface area contributed by atoms with Crippen molar-refractivity contribution in [3.05, 3.63) is 82.6 Å². The second kappa shape index (κ2) is 7.72. The van der Waals surface area contributed by atoms with Gasteiger partial charge in [0, 0.05) is 27.7 Å². The number of phenolic OH excluding ortho intramolecular Hbond substituents is 1. The molecule has 1 amide bonds. The Labute approximate surface area is 159 Å². The molecular formula is C20H14BrN3O2. The summed E-state index contributed by atoms with van der Waals surface area (Å²) in [7, 11) is 0. The molecular weight excluding hydrogens is 394 g/mol. The summed E-state index contributed by atoms with van der Waals surface area (Å²) in [5.41, 5.74) is 2.11. The van der Waals surface area contributed by atoms with E-state index in [0.717, 1.165) is 10.2 Å². The van der Waals surface area contributed by atoms with Crippen LogP contribution in [-0.2, 0) is 4.79 Å². The molecule has 0 aliphatic rings. The Balaban J connectivity index is 1.87. The molecule has 0 aliphatic heterocycles. The number of halogens is 1. The molecule has 6 heteroatoms. The lowest BCUT2D eigenvalue weighted by Crippen LogP contribution is -2.13. The molecule has 26 heavy (non-hydrogen) atoms. The van der Waals surface area contributed by atoms with Crippen LogP contribution >= 0.6 is 15.9 Å². The summed E-state index contributed by atoms with van der Waals surface area (Å²) < 4.78 is 2.86. The van der Waals surface area contributed by atoms with Crippen molar-refractivity contribution in [3.63, 3.8) is 0 Å². The van der Waals surface area contributed by atoms with Gasteiger partial charge in [0.2, 0.25) is 0 Å². The summed E-state index contributed by atoms with van der Waals surface area (Å²) >= 11 is 3.40. The van der Waals surface area contributed by atoms with Gasteiger partial charge in [-0.2, -0.15) is 5.26 Å². The Morgan fingerprint density at radius 1 is 1.12 bits per heavy atom. The van der Waals surface area contributed by atoms with Gasteiger partial charge >= 0.3 is 0 Å². The predicted molar refractivity (Wildman–Crippen MR) is 104 cm³/mol. The number of phenols is 1. The largest absolute Gasteiger partial charge is 0.508 e. The lowest BCUT2D eigenvalue weighted by Gasteiger charge is -2.08. The molecule has 2 aromatic carbocycles. The fourth-order valence-electron chi connectivity index (χ4n) is 2.39. The van der Waals surface area contributed by atoms with Crippen LogP contribution in [0.1, 0.15) is 5.69 Å². The average molecular weight is 408 g/mol. The Bertz CT molecular complexity index is 997. The van der Waals surface area contributed by atoms with E-state index in [2.05, 4.69) is 21.2 Å². The quantitative estimate of drug-likeness (QED) is 0.379. The molecule has 0 radical (unpaired) electrons. The number of aromatic nitrogens is 1. The molecule has 0 bridgehead atoms. The van der Waals surface area contributed by atoms with Gasteiger partial charge in [-0.05, 0) is 66.7 Å². The Kier molecular flexibility index (Phi) is 5.20. The third-order valence-corrected chi connectivity index (χ3v) is 4.20. The second-order valence-corrected chi connectivity index (χ2v) is 6.37. The monoisotopic (exact) mass is 407 g/mol. The van der Waals surface area contributed by atoms with Crippen LogP contribution in [0, 0.1) is 11.3 Å². The molecule has 0 unspecified atom stereocenters. The fourth-order valence-corrected chi connectivity index (χ4v) is 2.65. The average Bonchev–Trinajstić information content (AvgIpc) is 3.10. The molecule has 0 spiro atoms. The van der Waals surface area contributed by atoms with Crippen LogP contribution in [0.25, 0.3) is 11.8 Å². The van der Waals surface area contributed by atoms with E-state index in [4.69, 9.17) is 0 Å². The van der Waals surface area contributed by atoms with Crippen LogP contribution in [0.5, 0.6) is 5.75 Å². The van der Waals surface area contributed by atoms with Gasteiger partial charge < -0.3 is 15.0 Å². The molecule has 5 nitrogen and oxygen atoms in total. The molecule has 0 fully saturated rings. The molecule has 0 aliphatic carbocycles. The highest BCUT2D eigenvalue weighted by atomic mass is 79.9. The highest BCUT2D eigenvalue weighted by molar-refractivity contribution is 9.10. The first-order chi connectivity index (χ1) is 12.6. The third kappa shape index (κ3) is 4.02. The number of nitrogens with one attached hydrogen (secondary N) is 1. The van der Waals surface area contributed by atoms with Gasteiger partial charge in [-0.3, -0.25) is 4.79 Å². The molecule has 1 aromatic heterocycles. The molecule has 0 saturated heterocycles. The highest BCUT2D eigenvalue weighted by Crippen LogP contribution is 2.19. The van der Waals surface area contributed by atoms with E-state index >= 15 is 0 Å². The van der Waals surface area contributed by atoms with E-state index in [0.29, 0.717) is 11.4 Å². The second-order valence-electron chi connectivity index (χ2n) is 5.45. The van der Waals surface area contributed by atoms with Crippen molar-refractivity contribution in [1.82, 2.24) is 4.57 Å². The maximum Gasteiger partial charge on any atom is 0.266 e. The number of benzene rings is 2. The normalized spacial score (nSPS) is 11.0. The summed E-state index contributed by atoms with van der Waals surface area (Å²) in [4.78, 5) is 12.4. The molecule has 3 aromatic rings. The van der Waals surface area contributed by atoms with E-state index < -0.39 is 5.91 Å². The number of carbonyl (C=O) groups excluding carboxylic acids is 1. The first-order valence-electron chi connectivity index (χ1n) is 7.72. The molecule has 0 saturated carbocycles. The van der Waals surface area contributed by atoms with Crippen LogP contribution < -0.4 is 5.32 Å². The molecule has 1 heterocycles. The van der Waals surface area contributed by atoms with E-state index in [1.54, 1.807) is 12.1 Å². The molecule has 0 atom stereocenters. The van der Waals surface area contributed by atoms with Crippen molar-refractivity contribution in [2.24, 2.45) is 0 Å². The number of carbonyl (C=O) groups is 1. The highest BCUT2D eigenvalue weighted by Gasteiger charge is 2.11. The standard InChI is InChI=1S/C20H14BrN3O2/c21-15-3-7-17(8-4-15)24-11-1-2-18(24)12-14(13-22)20(26)23-16-5-9-19(25)10-6-16/h1-12,25H,(H,23,26)/b14-12-. The van der Waals surface area contributed by atoms with Crippen molar-refractivity contribution >= 4 is 33.6 Å². The maximum atomic E-state index is 12.4. The lowest BCUT2D eigenvalue weighted by molar-refractivity contribution is -0.112. The Morgan fingerprint density at radius 2 is 1.81 bits per heavy atom. The van der Waals surface area contributed by atoms with Gasteiger partial charge in [-0.15, -0.1) is 0 Å². The zero-order valence-electron chi connectivity index (χ0n) is 13.6. The Morgan fingerprint density at radius 3 is 2.46 bits per heavy atom. The summed E-state index contributed by atoms with van der Waals surface area (Å²) in [6.07, 6.45) is 3.40. The number of anilines is 1.